The summed E-state index contributed by atoms with van der Waals surface area (Å²) in [7, 11) is 1.51. The Morgan fingerprint density at radius 1 is 1.35 bits per heavy atom. The van der Waals surface area contributed by atoms with E-state index in [2.05, 4.69) is 0 Å². The highest BCUT2D eigenvalue weighted by Crippen LogP contribution is 2.43. The topological polar surface area (TPSA) is 113 Å². The number of carbonyl (C=O) groups is 1. The van der Waals surface area contributed by atoms with Gasteiger partial charge in [-0.25, -0.2) is 4.79 Å². The average molecular weight is 358 g/mol. The van der Waals surface area contributed by atoms with Crippen LogP contribution in [0.3, 0.4) is 0 Å². The fourth-order valence-corrected chi connectivity index (χ4v) is 2.87. The molecule has 0 aromatic heterocycles. The van der Waals surface area contributed by atoms with Crippen LogP contribution in [0.15, 0.2) is 41.0 Å². The minimum atomic E-state index is -0.724. The zero-order chi connectivity index (χ0) is 18.7. The van der Waals surface area contributed by atoms with Crippen LogP contribution in [0.1, 0.15) is 18.4 Å². The highest BCUT2D eigenvalue weighted by Gasteiger charge is 2.37. The Balaban J connectivity index is 2.02. The lowest BCUT2D eigenvalue weighted by Crippen LogP contribution is -2.26. The summed E-state index contributed by atoms with van der Waals surface area (Å²) in [6.45, 7) is 2.07. The van der Waals surface area contributed by atoms with E-state index in [1.54, 1.807) is 25.1 Å². The van der Waals surface area contributed by atoms with Gasteiger partial charge < -0.3 is 29.4 Å². The van der Waals surface area contributed by atoms with E-state index in [-0.39, 0.29) is 42.8 Å². The maximum absolute atomic E-state index is 12.6. The summed E-state index contributed by atoms with van der Waals surface area (Å²) < 4.78 is 26.2. The predicted molar refractivity (Wildman–Crippen MR) is 88.8 cm³/mol. The summed E-state index contributed by atoms with van der Waals surface area (Å²) in [5.74, 6) is 0.0595. The Hall–Kier alpha value is -3.18. The number of nitrogens with zero attached hydrogens (tertiary/aromatic N) is 1. The molecular weight excluding hydrogens is 340 g/mol. The SMILES string of the molecule is COCCOC(=O)C1=C(C)OC(N)=C(C#N)[C@H]1c1ccc2c(c1)OCO2. The lowest BCUT2D eigenvalue weighted by atomic mass is 9.83. The zero-order valence-electron chi connectivity index (χ0n) is 14.4. The molecule has 2 N–H and O–H groups in total. The molecule has 0 fully saturated rings. The maximum atomic E-state index is 12.6. The second-order valence-corrected chi connectivity index (χ2v) is 5.64. The largest absolute Gasteiger partial charge is 0.460 e. The molecule has 1 aromatic carbocycles. The normalized spacial score (nSPS) is 18.4. The quantitative estimate of drug-likeness (QED) is 0.625. The Bertz CT molecular complexity index is 837. The Labute approximate surface area is 150 Å². The fourth-order valence-electron chi connectivity index (χ4n) is 2.87. The molecule has 0 spiro atoms. The van der Waals surface area contributed by atoms with Gasteiger partial charge in [0.25, 0.3) is 0 Å². The molecular formula is C18H18N2O6. The molecule has 2 heterocycles. The molecule has 0 amide bonds. The molecule has 136 valence electrons. The summed E-state index contributed by atoms with van der Waals surface area (Å²) in [5, 5.41) is 9.57. The number of methoxy groups -OCH3 is 1. The first kappa shape index (κ1) is 17.6. The zero-order valence-corrected chi connectivity index (χ0v) is 14.4. The number of hydrogen-bond donors (Lipinski definition) is 1. The van der Waals surface area contributed by atoms with Crippen LogP contribution in [0.5, 0.6) is 11.5 Å². The van der Waals surface area contributed by atoms with Crippen LogP contribution in [-0.2, 0) is 19.0 Å². The first-order valence-corrected chi connectivity index (χ1v) is 7.90. The van der Waals surface area contributed by atoms with Gasteiger partial charge in [0.2, 0.25) is 12.7 Å². The van der Waals surface area contributed by atoms with Crippen molar-refractivity contribution in [3.05, 3.63) is 46.6 Å². The van der Waals surface area contributed by atoms with Crippen molar-refractivity contribution in [3.63, 3.8) is 0 Å². The monoisotopic (exact) mass is 358 g/mol. The fraction of sp³-hybridized carbons (Fsp3) is 0.333. The van der Waals surface area contributed by atoms with Gasteiger partial charge in [0, 0.05) is 7.11 Å². The third kappa shape index (κ3) is 3.17. The van der Waals surface area contributed by atoms with Gasteiger partial charge in [-0.05, 0) is 24.6 Å². The van der Waals surface area contributed by atoms with Crippen LogP contribution in [0.25, 0.3) is 0 Å². The molecule has 0 radical (unpaired) electrons. The number of fused-ring (bicyclic) bond motifs is 1. The number of benzene rings is 1. The van der Waals surface area contributed by atoms with E-state index < -0.39 is 11.9 Å². The third-order valence-corrected chi connectivity index (χ3v) is 4.08. The summed E-state index contributed by atoms with van der Waals surface area (Å²) in [6.07, 6.45) is 0. The van der Waals surface area contributed by atoms with E-state index in [0.717, 1.165) is 0 Å². The number of rotatable bonds is 5. The maximum Gasteiger partial charge on any atom is 0.338 e. The van der Waals surface area contributed by atoms with Gasteiger partial charge in [-0.15, -0.1) is 0 Å². The second kappa shape index (κ2) is 7.37. The van der Waals surface area contributed by atoms with E-state index in [0.29, 0.717) is 17.1 Å². The number of esters is 1. The lowest BCUT2D eigenvalue weighted by Gasteiger charge is -2.27. The van der Waals surface area contributed by atoms with Crippen molar-refractivity contribution in [2.75, 3.05) is 27.1 Å². The molecule has 8 nitrogen and oxygen atoms in total. The van der Waals surface area contributed by atoms with Gasteiger partial charge in [-0.2, -0.15) is 5.26 Å². The average Bonchev–Trinajstić information content (AvgIpc) is 3.08. The van der Waals surface area contributed by atoms with Crippen LogP contribution in [-0.4, -0.2) is 33.1 Å². The third-order valence-electron chi connectivity index (χ3n) is 4.08. The van der Waals surface area contributed by atoms with Gasteiger partial charge >= 0.3 is 5.97 Å². The van der Waals surface area contributed by atoms with Crippen LogP contribution in [0.4, 0.5) is 0 Å². The standard InChI is InChI=1S/C18H18N2O6/c1-10-15(18(21)23-6-5-22-2)16(12(8-19)17(20)26-10)11-3-4-13-14(7-11)25-9-24-13/h3-4,7,16H,5-6,9,20H2,1-2H3/t16-/m1/s1. The van der Waals surface area contributed by atoms with Crippen LogP contribution in [0, 0.1) is 11.3 Å². The lowest BCUT2D eigenvalue weighted by molar-refractivity contribution is -0.140. The van der Waals surface area contributed by atoms with Crippen molar-refractivity contribution in [2.45, 2.75) is 12.8 Å². The van der Waals surface area contributed by atoms with E-state index in [1.165, 1.54) is 7.11 Å². The molecule has 2 aliphatic rings. The molecule has 1 atom stereocenters. The second-order valence-electron chi connectivity index (χ2n) is 5.64. The molecule has 3 rings (SSSR count). The van der Waals surface area contributed by atoms with Gasteiger partial charge in [0.1, 0.15) is 24.0 Å². The van der Waals surface area contributed by atoms with E-state index >= 15 is 0 Å². The molecule has 0 bridgehead atoms. The van der Waals surface area contributed by atoms with Crippen LogP contribution >= 0.6 is 0 Å². The Morgan fingerprint density at radius 3 is 2.85 bits per heavy atom. The van der Waals surface area contributed by atoms with Crippen molar-refractivity contribution in [2.24, 2.45) is 5.73 Å². The van der Waals surface area contributed by atoms with Crippen molar-refractivity contribution in [1.82, 2.24) is 0 Å². The van der Waals surface area contributed by atoms with Crippen molar-refractivity contribution in [3.8, 4) is 17.6 Å². The van der Waals surface area contributed by atoms with Gasteiger partial charge in [0.15, 0.2) is 11.5 Å². The molecule has 8 heteroatoms. The number of nitrogens with two attached hydrogens (primary N) is 1. The number of ether oxygens (including phenoxy) is 5. The molecule has 0 saturated heterocycles. The van der Waals surface area contributed by atoms with E-state index in [4.69, 9.17) is 29.4 Å². The van der Waals surface area contributed by atoms with Crippen molar-refractivity contribution < 1.29 is 28.5 Å². The van der Waals surface area contributed by atoms with Crippen LogP contribution < -0.4 is 15.2 Å². The number of nitriles is 1. The predicted octanol–water partition coefficient (Wildman–Crippen LogP) is 1.69. The Morgan fingerprint density at radius 2 is 2.12 bits per heavy atom. The Kier molecular flexibility index (Phi) is 5.00. The molecule has 0 unspecified atom stereocenters. The van der Waals surface area contributed by atoms with Crippen LogP contribution in [0.2, 0.25) is 0 Å². The minimum Gasteiger partial charge on any atom is -0.460 e. The van der Waals surface area contributed by atoms with Gasteiger partial charge in [-0.3, -0.25) is 0 Å². The van der Waals surface area contributed by atoms with Crippen molar-refractivity contribution >= 4 is 5.97 Å². The van der Waals surface area contributed by atoms with E-state index in [1.807, 2.05) is 6.07 Å². The van der Waals surface area contributed by atoms with Gasteiger partial charge in [-0.1, -0.05) is 6.07 Å². The number of hydrogen-bond acceptors (Lipinski definition) is 8. The molecule has 0 saturated carbocycles. The molecule has 26 heavy (non-hydrogen) atoms. The minimum absolute atomic E-state index is 0.0406. The van der Waals surface area contributed by atoms with Gasteiger partial charge in [0.05, 0.1) is 18.1 Å². The van der Waals surface area contributed by atoms with Crippen molar-refractivity contribution in [1.29, 1.82) is 5.26 Å². The first-order chi connectivity index (χ1) is 12.6. The summed E-state index contributed by atoms with van der Waals surface area (Å²) >= 11 is 0. The first-order valence-electron chi connectivity index (χ1n) is 7.90. The molecule has 0 aliphatic carbocycles. The smallest absolute Gasteiger partial charge is 0.338 e. The highest BCUT2D eigenvalue weighted by molar-refractivity contribution is 5.92. The summed E-state index contributed by atoms with van der Waals surface area (Å²) in [6, 6.07) is 7.23. The summed E-state index contributed by atoms with van der Waals surface area (Å²) in [4.78, 5) is 12.6. The summed E-state index contributed by atoms with van der Waals surface area (Å²) in [5.41, 5.74) is 6.87. The molecule has 2 aliphatic heterocycles. The molecule has 1 aromatic rings. The number of allylic oxidation sites excluding steroid dienone is 2. The van der Waals surface area contributed by atoms with E-state index in [9.17, 15) is 10.1 Å². The highest BCUT2D eigenvalue weighted by atomic mass is 16.7. The number of carbonyl (C=O) groups excluding carboxylic acids is 1.